The van der Waals surface area contributed by atoms with Crippen LogP contribution in [0.15, 0.2) is 30.3 Å². The Bertz CT molecular complexity index is 364. The van der Waals surface area contributed by atoms with E-state index in [-0.39, 0.29) is 17.4 Å². The van der Waals surface area contributed by atoms with Gasteiger partial charge in [0.2, 0.25) is 0 Å². The Morgan fingerprint density at radius 3 is 2.32 bits per heavy atom. The molecule has 1 aromatic carbocycles. The molecule has 2 atom stereocenters. The van der Waals surface area contributed by atoms with E-state index in [4.69, 9.17) is 5.11 Å². The molecule has 3 nitrogen and oxygen atoms in total. The van der Waals surface area contributed by atoms with Crippen LogP contribution in [-0.4, -0.2) is 32.4 Å². The van der Waals surface area contributed by atoms with Crippen LogP contribution >= 0.6 is 0 Å². The number of benzene rings is 1. The monoisotopic (exact) mass is 283 g/mol. The van der Waals surface area contributed by atoms with Crippen molar-refractivity contribution >= 4 is 11.4 Å². The van der Waals surface area contributed by atoms with Gasteiger partial charge in [-0.15, -0.1) is 4.31 Å². The van der Waals surface area contributed by atoms with Gasteiger partial charge in [0.25, 0.3) is 0 Å². The van der Waals surface area contributed by atoms with Gasteiger partial charge in [0.05, 0.1) is 6.04 Å². The Labute approximate surface area is 119 Å². The Balaban J connectivity index is 2.91. The highest BCUT2D eigenvalue weighted by Gasteiger charge is 2.35. The lowest BCUT2D eigenvalue weighted by molar-refractivity contribution is 0.258. The van der Waals surface area contributed by atoms with E-state index >= 15 is 0 Å². The van der Waals surface area contributed by atoms with Crippen LogP contribution in [-0.2, 0) is 11.4 Å². The van der Waals surface area contributed by atoms with Crippen LogP contribution in [0, 0.1) is 0 Å². The first-order chi connectivity index (χ1) is 8.88. The van der Waals surface area contributed by atoms with E-state index < -0.39 is 11.4 Å². The van der Waals surface area contributed by atoms with Crippen molar-refractivity contribution in [2.45, 2.75) is 44.4 Å². The first kappa shape index (κ1) is 16.5. The molecule has 0 aliphatic carbocycles. The molecule has 0 aliphatic heterocycles. The van der Waals surface area contributed by atoms with E-state index in [1.165, 1.54) is 0 Å². The summed E-state index contributed by atoms with van der Waals surface area (Å²) >= 11 is -1.06. The van der Waals surface area contributed by atoms with Gasteiger partial charge >= 0.3 is 0 Å². The second kappa shape index (κ2) is 7.29. The van der Waals surface area contributed by atoms with Crippen LogP contribution in [0.4, 0.5) is 0 Å². The summed E-state index contributed by atoms with van der Waals surface area (Å²) in [5.74, 6) is 0. The first-order valence-electron chi connectivity index (χ1n) is 6.68. The third kappa shape index (κ3) is 4.80. The minimum atomic E-state index is -1.06. The molecule has 1 rings (SSSR count). The van der Waals surface area contributed by atoms with Gasteiger partial charge in [0.1, 0.15) is 4.75 Å². The molecule has 0 spiro atoms. The third-order valence-corrected chi connectivity index (χ3v) is 4.87. The fraction of sp³-hybridized carbons (Fsp3) is 0.600. The van der Waals surface area contributed by atoms with E-state index in [0.717, 1.165) is 12.0 Å². The summed E-state index contributed by atoms with van der Waals surface area (Å²) in [5, 5.41) is 9.05. The maximum Gasteiger partial charge on any atom is 0.137 e. The number of hydrogen-bond donors (Lipinski definition) is 1. The van der Waals surface area contributed by atoms with Crippen molar-refractivity contribution in [1.29, 1.82) is 0 Å². The molecule has 1 N–H and O–H groups in total. The molecule has 4 heteroatoms. The predicted molar refractivity (Wildman–Crippen MR) is 81.2 cm³/mol. The van der Waals surface area contributed by atoms with E-state index in [9.17, 15) is 4.55 Å². The van der Waals surface area contributed by atoms with Gasteiger partial charge in [-0.2, -0.15) is 0 Å². The first-order valence-corrected chi connectivity index (χ1v) is 7.79. The third-order valence-electron chi connectivity index (χ3n) is 3.04. The van der Waals surface area contributed by atoms with Crippen molar-refractivity contribution in [3.05, 3.63) is 35.9 Å². The van der Waals surface area contributed by atoms with Crippen molar-refractivity contribution in [2.75, 3.05) is 13.7 Å². The highest BCUT2D eigenvalue weighted by Crippen LogP contribution is 2.31. The fourth-order valence-corrected chi connectivity index (χ4v) is 3.39. The Hall–Kier alpha value is -0.550. The normalized spacial score (nSPS) is 15.5. The molecule has 19 heavy (non-hydrogen) atoms. The van der Waals surface area contributed by atoms with Crippen LogP contribution in [0.2, 0.25) is 0 Å². The summed E-state index contributed by atoms with van der Waals surface area (Å²) in [6.45, 7) is 6.11. The fourth-order valence-electron chi connectivity index (χ4n) is 2.07. The van der Waals surface area contributed by atoms with Crippen LogP contribution in [0.3, 0.4) is 0 Å². The molecule has 0 bridgehead atoms. The van der Waals surface area contributed by atoms with Crippen molar-refractivity contribution in [2.24, 2.45) is 0 Å². The molecule has 0 heterocycles. The lowest BCUT2D eigenvalue weighted by Gasteiger charge is -2.35. The second-order valence-electron chi connectivity index (χ2n) is 5.70. The van der Waals surface area contributed by atoms with E-state index in [2.05, 4.69) is 12.1 Å². The number of aliphatic hydroxyl groups is 1. The molecule has 0 saturated carbocycles. The van der Waals surface area contributed by atoms with Gasteiger partial charge in [-0.05, 0) is 39.2 Å². The molecule has 0 aromatic heterocycles. The molecular weight excluding hydrogens is 258 g/mol. The maximum absolute atomic E-state index is 12.5. The van der Waals surface area contributed by atoms with Crippen LogP contribution in [0.1, 0.15) is 45.2 Å². The minimum absolute atomic E-state index is 0.0772. The highest BCUT2D eigenvalue weighted by atomic mass is 32.2. The largest absolute Gasteiger partial charge is 0.597 e. The number of hydrogen-bond acceptors (Lipinski definition) is 3. The van der Waals surface area contributed by atoms with Gasteiger partial charge in [0.15, 0.2) is 0 Å². The molecule has 0 aliphatic rings. The van der Waals surface area contributed by atoms with E-state index in [1.807, 2.05) is 50.3 Å². The van der Waals surface area contributed by atoms with E-state index in [1.54, 1.807) is 0 Å². The number of nitrogens with zero attached hydrogens (tertiary/aromatic N) is 1. The van der Waals surface area contributed by atoms with Crippen molar-refractivity contribution in [3.63, 3.8) is 0 Å². The van der Waals surface area contributed by atoms with Gasteiger partial charge in [0, 0.05) is 25.0 Å². The Kier molecular flexibility index (Phi) is 6.33. The molecule has 0 amide bonds. The molecule has 0 saturated heterocycles. The topological polar surface area (TPSA) is 46.5 Å². The predicted octanol–water partition coefficient (Wildman–Crippen LogP) is 2.89. The van der Waals surface area contributed by atoms with Gasteiger partial charge in [-0.3, -0.25) is 0 Å². The minimum Gasteiger partial charge on any atom is -0.597 e. The molecular formula is C15H25NO2S. The average molecular weight is 283 g/mol. The van der Waals surface area contributed by atoms with Crippen LogP contribution in [0.25, 0.3) is 0 Å². The van der Waals surface area contributed by atoms with Gasteiger partial charge < -0.3 is 9.66 Å². The summed E-state index contributed by atoms with van der Waals surface area (Å²) in [6, 6.07) is 10.2. The second-order valence-corrected chi connectivity index (χ2v) is 8.00. The Morgan fingerprint density at radius 2 is 1.84 bits per heavy atom. The van der Waals surface area contributed by atoms with Crippen molar-refractivity contribution < 1.29 is 9.66 Å². The van der Waals surface area contributed by atoms with E-state index in [0.29, 0.717) is 6.42 Å². The molecule has 0 fully saturated rings. The lowest BCUT2D eigenvalue weighted by atomic mass is 10.0. The zero-order valence-corrected chi connectivity index (χ0v) is 13.1. The van der Waals surface area contributed by atoms with Crippen LogP contribution in [0.5, 0.6) is 0 Å². The van der Waals surface area contributed by atoms with Gasteiger partial charge in [-0.1, -0.05) is 30.3 Å². The molecule has 108 valence electrons. The average Bonchev–Trinajstić information content (AvgIpc) is 2.38. The summed E-state index contributed by atoms with van der Waals surface area (Å²) < 4.78 is 14.2. The molecule has 1 unspecified atom stereocenters. The standard InChI is InChI=1S/C15H25NO2S/c1-15(2,3)19(18)16(4)14(11-8-12-17)13-9-6-5-7-10-13/h5-7,9-10,14,17H,8,11-12H2,1-4H3/t14-,19?/m1/s1. The number of aliphatic hydroxyl groups excluding tert-OH is 1. The maximum atomic E-state index is 12.5. The molecule has 1 aromatic rings. The zero-order valence-electron chi connectivity index (χ0n) is 12.3. The lowest BCUT2D eigenvalue weighted by Crippen LogP contribution is -2.42. The number of rotatable bonds is 6. The van der Waals surface area contributed by atoms with Gasteiger partial charge in [-0.25, -0.2) is 0 Å². The summed E-state index contributed by atoms with van der Waals surface area (Å²) in [6.07, 6.45) is 1.52. The highest BCUT2D eigenvalue weighted by molar-refractivity contribution is 7.90. The Morgan fingerprint density at radius 1 is 1.26 bits per heavy atom. The van der Waals surface area contributed by atoms with Crippen molar-refractivity contribution in [3.8, 4) is 0 Å². The quantitative estimate of drug-likeness (QED) is 0.817. The zero-order chi connectivity index (χ0) is 14.5. The van der Waals surface area contributed by atoms with Crippen molar-refractivity contribution in [1.82, 2.24) is 4.31 Å². The smallest absolute Gasteiger partial charge is 0.137 e. The molecule has 0 radical (unpaired) electrons. The SMILES string of the molecule is CN([C@H](CCCO)c1ccccc1)[S+]([O-])C(C)(C)C. The summed E-state index contributed by atoms with van der Waals surface area (Å²) in [5.41, 5.74) is 1.15. The van der Waals surface area contributed by atoms with Crippen LogP contribution < -0.4 is 0 Å². The summed E-state index contributed by atoms with van der Waals surface area (Å²) in [7, 11) is 1.90. The summed E-state index contributed by atoms with van der Waals surface area (Å²) in [4.78, 5) is 0.